The summed E-state index contributed by atoms with van der Waals surface area (Å²) in [4.78, 5) is 22.3. The number of nitrogens with one attached hydrogen (secondary N) is 1. The number of nitrogens with zero attached hydrogens (tertiary/aromatic N) is 2. The summed E-state index contributed by atoms with van der Waals surface area (Å²) in [6.07, 6.45) is 0. The number of benzene rings is 1. The fourth-order valence-electron chi connectivity index (χ4n) is 1.69. The molecule has 0 aliphatic carbocycles. The summed E-state index contributed by atoms with van der Waals surface area (Å²) >= 11 is 17.4. The highest BCUT2D eigenvalue weighted by Crippen LogP contribution is 2.29. The Hall–Kier alpha value is -1.76. The predicted octanol–water partition coefficient (Wildman–Crippen LogP) is 4.15. The van der Waals surface area contributed by atoms with Crippen molar-refractivity contribution in [3.05, 3.63) is 55.3 Å². The topological polar surface area (TPSA) is 77.2 Å². The molecule has 0 aliphatic rings. The van der Waals surface area contributed by atoms with Crippen LogP contribution in [-0.4, -0.2) is 15.4 Å². The number of carbonyl (C=O) groups is 1. The molecule has 0 radical (unpaired) electrons. The van der Waals surface area contributed by atoms with Crippen molar-refractivity contribution in [3.8, 4) is 0 Å². The zero-order valence-electron chi connectivity index (χ0n) is 10.6. The highest BCUT2D eigenvalue weighted by Gasteiger charge is 2.18. The van der Waals surface area contributed by atoms with Gasteiger partial charge in [0.15, 0.2) is 0 Å². The summed E-state index contributed by atoms with van der Waals surface area (Å²) < 4.78 is 1.41. The molecule has 2 aromatic rings. The van der Waals surface area contributed by atoms with E-state index in [2.05, 4.69) is 5.32 Å². The number of carbonyl (C=O) groups excluding carboxylic acids is 1. The first-order valence-corrected chi connectivity index (χ1v) is 6.70. The quantitative estimate of drug-likeness (QED) is 0.668. The molecule has 0 bridgehead atoms. The van der Waals surface area contributed by atoms with Crippen LogP contribution in [0.3, 0.4) is 0 Å². The number of amides is 1. The van der Waals surface area contributed by atoms with Crippen LogP contribution in [0.2, 0.25) is 15.2 Å². The lowest BCUT2D eigenvalue weighted by molar-refractivity contribution is -0.384. The molecule has 1 aromatic carbocycles. The summed E-state index contributed by atoms with van der Waals surface area (Å²) in [6, 6.07) is 5.37. The Bertz CT molecular complexity index is 743. The van der Waals surface area contributed by atoms with Gasteiger partial charge in [-0.05, 0) is 18.2 Å². The molecule has 1 aromatic heterocycles. The minimum Gasteiger partial charge on any atom is -0.329 e. The van der Waals surface area contributed by atoms with Gasteiger partial charge in [0.1, 0.15) is 15.9 Å². The Kier molecular flexibility index (Phi) is 4.41. The molecule has 1 N–H and O–H groups in total. The number of hydrogen-bond donors (Lipinski definition) is 1. The molecule has 1 amide bonds. The summed E-state index contributed by atoms with van der Waals surface area (Å²) in [5.41, 5.74) is 0.171. The predicted molar refractivity (Wildman–Crippen MR) is 81.5 cm³/mol. The molecule has 0 aliphatic heterocycles. The van der Waals surface area contributed by atoms with Crippen molar-refractivity contribution in [1.29, 1.82) is 0 Å². The van der Waals surface area contributed by atoms with Crippen LogP contribution in [-0.2, 0) is 7.05 Å². The van der Waals surface area contributed by atoms with Gasteiger partial charge < -0.3 is 9.88 Å². The summed E-state index contributed by atoms with van der Waals surface area (Å²) in [5, 5.41) is 13.8. The van der Waals surface area contributed by atoms with Crippen molar-refractivity contribution in [2.75, 3.05) is 5.32 Å². The first-order chi connectivity index (χ1) is 9.81. The van der Waals surface area contributed by atoms with Gasteiger partial charge in [-0.3, -0.25) is 14.9 Å². The average Bonchev–Trinajstić information content (AvgIpc) is 2.68. The fraction of sp³-hybridized carbons (Fsp3) is 0.0833. The van der Waals surface area contributed by atoms with E-state index in [0.29, 0.717) is 0 Å². The molecule has 0 fully saturated rings. The van der Waals surface area contributed by atoms with Crippen LogP contribution >= 0.6 is 34.8 Å². The van der Waals surface area contributed by atoms with Gasteiger partial charge in [-0.2, -0.15) is 0 Å². The van der Waals surface area contributed by atoms with E-state index >= 15 is 0 Å². The van der Waals surface area contributed by atoms with Crippen molar-refractivity contribution in [2.45, 2.75) is 0 Å². The Labute approximate surface area is 134 Å². The van der Waals surface area contributed by atoms with Crippen LogP contribution in [0, 0.1) is 10.1 Å². The second kappa shape index (κ2) is 5.93. The first-order valence-electron chi connectivity index (χ1n) is 5.57. The maximum Gasteiger partial charge on any atom is 0.289 e. The summed E-state index contributed by atoms with van der Waals surface area (Å²) in [7, 11) is 1.58. The SMILES string of the molecule is Cn1c(C(=O)Nc2ccc(Cl)c([N+](=O)[O-])c2)cc(Cl)c1Cl. The number of nitro benzene ring substituents is 1. The molecule has 6 nitrogen and oxygen atoms in total. The van der Waals surface area contributed by atoms with E-state index in [9.17, 15) is 14.9 Å². The minimum absolute atomic E-state index is 0.0112. The summed E-state index contributed by atoms with van der Waals surface area (Å²) in [5.74, 6) is -0.497. The second-order valence-corrected chi connectivity index (χ2v) is 5.28. The zero-order chi connectivity index (χ0) is 15.7. The van der Waals surface area contributed by atoms with Gasteiger partial charge in [0.05, 0.1) is 9.95 Å². The molecular formula is C12H8Cl3N3O3. The van der Waals surface area contributed by atoms with Crippen LogP contribution < -0.4 is 5.32 Å². The Morgan fingerprint density at radius 3 is 2.43 bits per heavy atom. The molecule has 21 heavy (non-hydrogen) atoms. The molecule has 0 saturated carbocycles. The normalized spacial score (nSPS) is 10.5. The van der Waals surface area contributed by atoms with Gasteiger partial charge in [-0.1, -0.05) is 34.8 Å². The number of anilines is 1. The Morgan fingerprint density at radius 1 is 1.24 bits per heavy atom. The molecule has 2 rings (SSSR count). The Morgan fingerprint density at radius 2 is 1.90 bits per heavy atom. The standard InChI is InChI=1S/C12H8Cl3N3O3/c1-17-10(5-8(14)11(17)15)12(19)16-6-2-3-7(13)9(4-6)18(20)21/h2-5H,1H3,(H,16,19). The lowest BCUT2D eigenvalue weighted by Gasteiger charge is -2.07. The van der Waals surface area contributed by atoms with E-state index in [1.807, 2.05) is 0 Å². The van der Waals surface area contributed by atoms with Crippen LogP contribution in [0.5, 0.6) is 0 Å². The molecule has 110 valence electrons. The highest BCUT2D eigenvalue weighted by molar-refractivity contribution is 6.42. The van der Waals surface area contributed by atoms with Gasteiger partial charge in [0.2, 0.25) is 0 Å². The lowest BCUT2D eigenvalue weighted by Crippen LogP contribution is -2.15. The maximum absolute atomic E-state index is 12.1. The summed E-state index contributed by atoms with van der Waals surface area (Å²) in [6.45, 7) is 0. The molecular weight excluding hydrogens is 341 g/mol. The highest BCUT2D eigenvalue weighted by atomic mass is 35.5. The van der Waals surface area contributed by atoms with Crippen LogP contribution in [0.25, 0.3) is 0 Å². The third kappa shape index (κ3) is 3.12. The van der Waals surface area contributed by atoms with E-state index in [1.54, 1.807) is 7.05 Å². The largest absolute Gasteiger partial charge is 0.329 e. The molecule has 0 unspecified atom stereocenters. The molecule has 1 heterocycles. The third-order valence-electron chi connectivity index (χ3n) is 2.75. The molecule has 9 heteroatoms. The van der Waals surface area contributed by atoms with Gasteiger partial charge in [0, 0.05) is 18.8 Å². The number of hydrogen-bond acceptors (Lipinski definition) is 3. The monoisotopic (exact) mass is 347 g/mol. The van der Waals surface area contributed by atoms with E-state index in [1.165, 1.54) is 28.8 Å². The van der Waals surface area contributed by atoms with E-state index in [4.69, 9.17) is 34.8 Å². The van der Waals surface area contributed by atoms with Gasteiger partial charge in [-0.15, -0.1) is 0 Å². The lowest BCUT2D eigenvalue weighted by atomic mass is 10.2. The van der Waals surface area contributed by atoms with Crippen LogP contribution in [0.15, 0.2) is 24.3 Å². The average molecular weight is 349 g/mol. The van der Waals surface area contributed by atoms with Crippen molar-refractivity contribution in [1.82, 2.24) is 4.57 Å². The second-order valence-electron chi connectivity index (χ2n) is 4.10. The van der Waals surface area contributed by atoms with Crippen LogP contribution in [0.4, 0.5) is 11.4 Å². The fourth-order valence-corrected chi connectivity index (χ4v) is 2.25. The van der Waals surface area contributed by atoms with Gasteiger partial charge in [-0.25, -0.2) is 0 Å². The van der Waals surface area contributed by atoms with E-state index in [0.717, 1.165) is 0 Å². The van der Waals surface area contributed by atoms with E-state index < -0.39 is 10.8 Å². The zero-order valence-corrected chi connectivity index (χ0v) is 12.8. The molecule has 0 atom stereocenters. The number of halogens is 3. The smallest absolute Gasteiger partial charge is 0.289 e. The maximum atomic E-state index is 12.1. The van der Waals surface area contributed by atoms with Crippen LogP contribution in [0.1, 0.15) is 10.5 Å². The molecule has 0 saturated heterocycles. The first kappa shape index (κ1) is 15.6. The minimum atomic E-state index is -0.631. The van der Waals surface area contributed by atoms with Crippen molar-refractivity contribution >= 4 is 52.1 Å². The number of nitro groups is 1. The number of aromatic nitrogens is 1. The van der Waals surface area contributed by atoms with Gasteiger partial charge >= 0.3 is 0 Å². The van der Waals surface area contributed by atoms with Crippen molar-refractivity contribution in [2.24, 2.45) is 7.05 Å². The van der Waals surface area contributed by atoms with Gasteiger partial charge in [0.25, 0.3) is 11.6 Å². The van der Waals surface area contributed by atoms with Crippen molar-refractivity contribution < 1.29 is 9.72 Å². The third-order valence-corrected chi connectivity index (χ3v) is 3.91. The Balaban J connectivity index is 2.29. The van der Waals surface area contributed by atoms with Crippen molar-refractivity contribution in [3.63, 3.8) is 0 Å². The molecule has 0 spiro atoms. The van der Waals surface area contributed by atoms with E-state index in [-0.39, 0.29) is 32.3 Å². The number of rotatable bonds is 3.